The van der Waals surface area contributed by atoms with E-state index in [9.17, 15) is 9.18 Å². The lowest BCUT2D eigenvalue weighted by molar-refractivity contribution is 0.0940. The molecule has 1 aromatic carbocycles. The predicted molar refractivity (Wildman–Crippen MR) is 78.6 cm³/mol. The number of rotatable bonds is 4. The van der Waals surface area contributed by atoms with Crippen molar-refractivity contribution in [2.75, 3.05) is 0 Å². The minimum atomic E-state index is -0.425. The zero-order valence-corrected chi connectivity index (χ0v) is 12.1. The van der Waals surface area contributed by atoms with Crippen molar-refractivity contribution in [1.29, 1.82) is 0 Å². The highest BCUT2D eigenvalue weighted by atomic mass is 32.1. The second-order valence-electron chi connectivity index (χ2n) is 4.38. The maximum absolute atomic E-state index is 13.1. The fraction of sp³-hybridized carbons (Fsp3) is 0.214. The van der Waals surface area contributed by atoms with Crippen LogP contribution in [0.3, 0.4) is 0 Å². The minimum Gasteiger partial charge on any atom is -0.349 e. The molecule has 1 N–H and O–H groups in total. The van der Waals surface area contributed by atoms with E-state index in [-0.39, 0.29) is 16.8 Å². The van der Waals surface area contributed by atoms with E-state index in [4.69, 9.17) is 0 Å². The Bertz CT molecular complexity index is 569. The SMILES string of the molecule is CC(Cc1ccsc1)NC(=O)c1ccc(F)c(S)c1. The Hall–Kier alpha value is -1.33. The van der Waals surface area contributed by atoms with Gasteiger partial charge in [-0.2, -0.15) is 11.3 Å². The van der Waals surface area contributed by atoms with Crippen molar-refractivity contribution >= 4 is 29.9 Å². The average Bonchev–Trinajstić information content (AvgIpc) is 2.85. The zero-order valence-electron chi connectivity index (χ0n) is 10.4. The Morgan fingerprint density at radius 2 is 2.26 bits per heavy atom. The molecule has 0 fully saturated rings. The first-order valence-electron chi connectivity index (χ1n) is 5.86. The second kappa shape index (κ2) is 6.21. The van der Waals surface area contributed by atoms with Crippen LogP contribution < -0.4 is 5.32 Å². The molecule has 0 aliphatic rings. The molecule has 0 bridgehead atoms. The van der Waals surface area contributed by atoms with Gasteiger partial charge in [-0.3, -0.25) is 4.79 Å². The fourth-order valence-electron chi connectivity index (χ4n) is 1.77. The molecule has 2 aromatic rings. The molecule has 100 valence electrons. The Kier molecular flexibility index (Phi) is 4.61. The lowest BCUT2D eigenvalue weighted by Crippen LogP contribution is -2.34. The van der Waals surface area contributed by atoms with Crippen LogP contribution in [0.1, 0.15) is 22.8 Å². The summed E-state index contributed by atoms with van der Waals surface area (Å²) in [5.41, 5.74) is 1.62. The highest BCUT2D eigenvalue weighted by Crippen LogP contribution is 2.14. The summed E-state index contributed by atoms with van der Waals surface area (Å²) >= 11 is 5.61. The maximum Gasteiger partial charge on any atom is 0.251 e. The molecule has 0 aliphatic heterocycles. The summed E-state index contributed by atoms with van der Waals surface area (Å²) in [6.07, 6.45) is 0.782. The molecule has 0 aliphatic carbocycles. The summed E-state index contributed by atoms with van der Waals surface area (Å²) in [6.45, 7) is 1.95. The summed E-state index contributed by atoms with van der Waals surface area (Å²) < 4.78 is 13.1. The largest absolute Gasteiger partial charge is 0.349 e. The summed E-state index contributed by atoms with van der Waals surface area (Å²) in [5.74, 6) is -0.635. The minimum absolute atomic E-state index is 0.0236. The van der Waals surface area contributed by atoms with Gasteiger partial charge in [-0.15, -0.1) is 12.6 Å². The molecule has 0 saturated carbocycles. The van der Waals surface area contributed by atoms with Gasteiger partial charge >= 0.3 is 0 Å². The van der Waals surface area contributed by atoms with E-state index in [0.717, 1.165) is 6.42 Å². The summed E-state index contributed by atoms with van der Waals surface area (Å²) in [4.78, 5) is 12.2. The van der Waals surface area contributed by atoms with E-state index >= 15 is 0 Å². The zero-order chi connectivity index (χ0) is 13.8. The van der Waals surface area contributed by atoms with E-state index in [0.29, 0.717) is 5.56 Å². The number of halogens is 1. The number of carbonyl (C=O) groups is 1. The third-order valence-corrected chi connectivity index (χ3v) is 3.78. The van der Waals surface area contributed by atoms with Crippen LogP contribution in [0.25, 0.3) is 0 Å². The van der Waals surface area contributed by atoms with Gasteiger partial charge in [0.2, 0.25) is 0 Å². The molecular weight excluding hydrogens is 281 g/mol. The molecule has 5 heteroatoms. The predicted octanol–water partition coefficient (Wildman–Crippen LogP) is 3.54. The van der Waals surface area contributed by atoms with Crippen molar-refractivity contribution in [3.8, 4) is 0 Å². The van der Waals surface area contributed by atoms with Crippen LogP contribution in [0, 0.1) is 5.82 Å². The molecule has 0 radical (unpaired) electrons. The Morgan fingerprint density at radius 3 is 2.89 bits per heavy atom. The van der Waals surface area contributed by atoms with Gasteiger partial charge < -0.3 is 5.32 Å². The van der Waals surface area contributed by atoms with Crippen LogP contribution in [0.2, 0.25) is 0 Å². The van der Waals surface area contributed by atoms with Crippen molar-refractivity contribution in [3.05, 3.63) is 52.0 Å². The topological polar surface area (TPSA) is 29.1 Å². The molecule has 1 heterocycles. The Morgan fingerprint density at radius 1 is 1.47 bits per heavy atom. The Balaban J connectivity index is 1.98. The second-order valence-corrected chi connectivity index (χ2v) is 5.64. The smallest absolute Gasteiger partial charge is 0.251 e. The third kappa shape index (κ3) is 3.81. The third-order valence-electron chi connectivity index (χ3n) is 2.71. The molecule has 0 saturated heterocycles. The van der Waals surface area contributed by atoms with Crippen molar-refractivity contribution in [2.24, 2.45) is 0 Å². The molecule has 2 nitrogen and oxygen atoms in total. The van der Waals surface area contributed by atoms with Gasteiger partial charge in [0.25, 0.3) is 5.91 Å². The first-order valence-corrected chi connectivity index (χ1v) is 7.25. The van der Waals surface area contributed by atoms with Gasteiger partial charge in [0.05, 0.1) is 0 Å². The van der Waals surface area contributed by atoms with E-state index in [2.05, 4.69) is 23.3 Å². The molecule has 1 aromatic heterocycles. The molecular formula is C14H14FNOS2. The number of thiol groups is 1. The van der Waals surface area contributed by atoms with Crippen LogP contribution in [0.5, 0.6) is 0 Å². The van der Waals surface area contributed by atoms with Crippen molar-refractivity contribution in [1.82, 2.24) is 5.32 Å². The molecule has 0 spiro atoms. The monoisotopic (exact) mass is 295 g/mol. The molecule has 1 amide bonds. The highest BCUT2D eigenvalue weighted by molar-refractivity contribution is 7.80. The number of carbonyl (C=O) groups excluding carboxylic acids is 1. The number of hydrogen-bond acceptors (Lipinski definition) is 3. The number of nitrogens with one attached hydrogen (secondary N) is 1. The lowest BCUT2D eigenvalue weighted by Gasteiger charge is -2.13. The van der Waals surface area contributed by atoms with Gasteiger partial charge in [-0.05, 0) is 53.9 Å². The number of thiophene rings is 1. The van der Waals surface area contributed by atoms with E-state index in [1.165, 1.54) is 23.8 Å². The van der Waals surface area contributed by atoms with Crippen LogP contribution in [0.4, 0.5) is 4.39 Å². The van der Waals surface area contributed by atoms with Crippen molar-refractivity contribution in [2.45, 2.75) is 24.3 Å². The molecule has 2 rings (SSSR count). The van der Waals surface area contributed by atoms with Gasteiger partial charge in [-0.1, -0.05) is 0 Å². The normalized spacial score (nSPS) is 12.2. The van der Waals surface area contributed by atoms with Crippen LogP contribution >= 0.6 is 24.0 Å². The fourth-order valence-corrected chi connectivity index (χ4v) is 2.67. The lowest BCUT2D eigenvalue weighted by atomic mass is 10.1. The first-order chi connectivity index (χ1) is 9.06. The average molecular weight is 295 g/mol. The van der Waals surface area contributed by atoms with Gasteiger partial charge in [0.1, 0.15) is 5.82 Å². The molecule has 19 heavy (non-hydrogen) atoms. The van der Waals surface area contributed by atoms with Gasteiger partial charge in [0.15, 0.2) is 0 Å². The standard InChI is InChI=1S/C14H14FNOS2/c1-9(6-10-4-5-19-8-10)16-14(17)11-2-3-12(15)13(18)7-11/h2-5,7-9,18H,6H2,1H3,(H,16,17). The molecule has 1 atom stereocenters. The summed E-state index contributed by atoms with van der Waals surface area (Å²) in [7, 11) is 0. The van der Waals surface area contributed by atoms with Gasteiger partial charge in [0, 0.05) is 16.5 Å². The van der Waals surface area contributed by atoms with Crippen LogP contribution in [-0.2, 0) is 6.42 Å². The van der Waals surface area contributed by atoms with Gasteiger partial charge in [-0.25, -0.2) is 4.39 Å². The van der Waals surface area contributed by atoms with Crippen LogP contribution in [-0.4, -0.2) is 11.9 Å². The maximum atomic E-state index is 13.1. The highest BCUT2D eigenvalue weighted by Gasteiger charge is 2.11. The summed E-state index contributed by atoms with van der Waals surface area (Å²) in [5, 5.41) is 6.96. The van der Waals surface area contributed by atoms with Crippen LogP contribution in [0.15, 0.2) is 39.9 Å². The van der Waals surface area contributed by atoms with E-state index < -0.39 is 5.82 Å². The van der Waals surface area contributed by atoms with E-state index in [1.54, 1.807) is 11.3 Å². The first kappa shape index (κ1) is 14.1. The number of benzene rings is 1. The summed E-state index contributed by atoms with van der Waals surface area (Å²) in [6, 6.07) is 6.21. The number of hydrogen-bond donors (Lipinski definition) is 2. The van der Waals surface area contributed by atoms with Crippen molar-refractivity contribution < 1.29 is 9.18 Å². The molecule has 1 unspecified atom stereocenters. The number of amides is 1. The Labute approximate surface area is 121 Å². The quantitative estimate of drug-likeness (QED) is 0.830. The van der Waals surface area contributed by atoms with E-state index in [1.807, 2.05) is 18.4 Å². The van der Waals surface area contributed by atoms with Crippen molar-refractivity contribution in [3.63, 3.8) is 0 Å².